The summed E-state index contributed by atoms with van der Waals surface area (Å²) in [5.74, 6) is 0.893. The van der Waals surface area contributed by atoms with Crippen molar-refractivity contribution in [1.82, 2.24) is 9.97 Å². The SMILES string of the molecule is CCOC1(c2ncc3c(n2)CCCCC3N)CCCC1. The molecule has 20 heavy (non-hydrogen) atoms. The van der Waals surface area contributed by atoms with Gasteiger partial charge >= 0.3 is 0 Å². The van der Waals surface area contributed by atoms with E-state index < -0.39 is 0 Å². The molecule has 2 N–H and O–H groups in total. The van der Waals surface area contributed by atoms with Crippen molar-refractivity contribution in [2.24, 2.45) is 5.73 Å². The Kier molecular flexibility index (Phi) is 4.03. The predicted octanol–water partition coefficient (Wildman–Crippen LogP) is 3.01. The van der Waals surface area contributed by atoms with Crippen molar-refractivity contribution < 1.29 is 4.74 Å². The largest absolute Gasteiger partial charge is 0.367 e. The highest BCUT2D eigenvalue weighted by molar-refractivity contribution is 5.24. The number of fused-ring (bicyclic) bond motifs is 1. The average Bonchev–Trinajstić information content (AvgIpc) is 2.85. The van der Waals surface area contributed by atoms with Gasteiger partial charge in [0.25, 0.3) is 0 Å². The zero-order chi connectivity index (χ0) is 14.0. The zero-order valence-electron chi connectivity index (χ0n) is 12.4. The second-order valence-electron chi connectivity index (χ2n) is 6.08. The van der Waals surface area contributed by atoms with E-state index in [0.717, 1.165) is 49.4 Å². The summed E-state index contributed by atoms with van der Waals surface area (Å²) in [4.78, 5) is 9.52. The van der Waals surface area contributed by atoms with Crippen molar-refractivity contribution in [2.45, 2.75) is 69.9 Å². The minimum atomic E-state index is -0.236. The Morgan fingerprint density at radius 2 is 2.10 bits per heavy atom. The molecule has 0 saturated heterocycles. The van der Waals surface area contributed by atoms with Crippen molar-refractivity contribution in [3.63, 3.8) is 0 Å². The lowest BCUT2D eigenvalue weighted by atomic mass is 9.99. The third-order valence-electron chi connectivity index (χ3n) is 4.72. The number of aromatic nitrogens is 2. The van der Waals surface area contributed by atoms with Crippen molar-refractivity contribution in [3.8, 4) is 0 Å². The molecule has 110 valence electrons. The summed E-state index contributed by atoms with van der Waals surface area (Å²) in [6.07, 6.45) is 10.9. The molecule has 1 aromatic rings. The van der Waals surface area contributed by atoms with Crippen molar-refractivity contribution >= 4 is 0 Å². The minimum Gasteiger partial charge on any atom is -0.367 e. The van der Waals surface area contributed by atoms with Gasteiger partial charge in [-0.3, -0.25) is 0 Å². The van der Waals surface area contributed by atoms with Crippen molar-refractivity contribution in [2.75, 3.05) is 6.61 Å². The summed E-state index contributed by atoms with van der Waals surface area (Å²) < 4.78 is 6.07. The molecule has 2 aliphatic carbocycles. The van der Waals surface area contributed by atoms with Crippen LogP contribution in [-0.2, 0) is 16.8 Å². The molecule has 0 bridgehead atoms. The number of ether oxygens (including phenoxy) is 1. The van der Waals surface area contributed by atoms with Gasteiger partial charge in [-0.15, -0.1) is 0 Å². The van der Waals surface area contributed by atoms with Gasteiger partial charge in [-0.25, -0.2) is 9.97 Å². The highest BCUT2D eigenvalue weighted by Gasteiger charge is 2.39. The predicted molar refractivity (Wildman–Crippen MR) is 78.3 cm³/mol. The summed E-state index contributed by atoms with van der Waals surface area (Å²) >= 11 is 0. The second kappa shape index (κ2) is 5.78. The Hall–Kier alpha value is -1.00. The number of hydrogen-bond donors (Lipinski definition) is 1. The molecule has 0 aromatic carbocycles. The summed E-state index contributed by atoms with van der Waals surface area (Å²) in [7, 11) is 0. The molecule has 4 nitrogen and oxygen atoms in total. The average molecular weight is 275 g/mol. The van der Waals surface area contributed by atoms with E-state index in [-0.39, 0.29) is 11.6 Å². The fraction of sp³-hybridized carbons (Fsp3) is 0.750. The molecule has 4 heteroatoms. The van der Waals surface area contributed by atoms with Gasteiger partial charge in [-0.2, -0.15) is 0 Å². The lowest BCUT2D eigenvalue weighted by Crippen LogP contribution is -2.30. The molecule has 0 radical (unpaired) electrons. The Morgan fingerprint density at radius 1 is 1.30 bits per heavy atom. The maximum absolute atomic E-state index is 6.23. The van der Waals surface area contributed by atoms with E-state index in [2.05, 4.69) is 11.9 Å². The van der Waals surface area contributed by atoms with Crippen LogP contribution in [0.5, 0.6) is 0 Å². The van der Waals surface area contributed by atoms with Crippen LogP contribution in [-0.4, -0.2) is 16.6 Å². The Balaban J connectivity index is 1.96. The topological polar surface area (TPSA) is 61.0 Å². The van der Waals surface area contributed by atoms with E-state index in [0.29, 0.717) is 0 Å². The molecule has 0 amide bonds. The number of nitrogens with zero attached hydrogens (tertiary/aromatic N) is 2. The molecule has 2 aliphatic rings. The van der Waals surface area contributed by atoms with E-state index in [1.54, 1.807) is 0 Å². The van der Waals surface area contributed by atoms with Gasteiger partial charge < -0.3 is 10.5 Å². The maximum Gasteiger partial charge on any atom is 0.160 e. The van der Waals surface area contributed by atoms with Gasteiger partial charge in [-0.05, 0) is 51.9 Å². The van der Waals surface area contributed by atoms with Gasteiger partial charge in [0.15, 0.2) is 5.82 Å². The van der Waals surface area contributed by atoms with E-state index in [1.807, 2.05) is 6.20 Å². The molecule has 1 atom stereocenters. The summed E-state index contributed by atoms with van der Waals surface area (Å²) in [6, 6.07) is 0.105. The Labute approximate surface area is 121 Å². The smallest absolute Gasteiger partial charge is 0.160 e. The van der Waals surface area contributed by atoms with Crippen LogP contribution < -0.4 is 5.73 Å². The molecule has 0 spiro atoms. The van der Waals surface area contributed by atoms with E-state index in [4.69, 9.17) is 15.5 Å². The maximum atomic E-state index is 6.23. The van der Waals surface area contributed by atoms with Crippen LogP contribution in [0.2, 0.25) is 0 Å². The summed E-state index contributed by atoms with van der Waals surface area (Å²) in [6.45, 7) is 2.78. The zero-order valence-corrected chi connectivity index (χ0v) is 12.4. The van der Waals surface area contributed by atoms with E-state index in [1.165, 1.54) is 25.7 Å². The van der Waals surface area contributed by atoms with Crippen molar-refractivity contribution in [3.05, 3.63) is 23.3 Å². The van der Waals surface area contributed by atoms with Crippen LogP contribution in [0.4, 0.5) is 0 Å². The van der Waals surface area contributed by atoms with Gasteiger partial charge in [0.1, 0.15) is 5.60 Å². The molecule has 1 unspecified atom stereocenters. The monoisotopic (exact) mass is 275 g/mol. The van der Waals surface area contributed by atoms with E-state index in [9.17, 15) is 0 Å². The van der Waals surface area contributed by atoms with Gasteiger partial charge in [0, 0.05) is 30.1 Å². The Bertz CT molecular complexity index is 469. The first kappa shape index (κ1) is 14.0. The minimum absolute atomic E-state index is 0.105. The fourth-order valence-electron chi connectivity index (χ4n) is 3.62. The van der Waals surface area contributed by atoms with Crippen LogP contribution in [0.15, 0.2) is 6.20 Å². The van der Waals surface area contributed by atoms with Gasteiger partial charge in [0.05, 0.1) is 0 Å². The highest BCUT2D eigenvalue weighted by Crippen LogP contribution is 2.41. The van der Waals surface area contributed by atoms with E-state index >= 15 is 0 Å². The normalized spacial score (nSPS) is 25.2. The molecular formula is C16H25N3O. The van der Waals surface area contributed by atoms with Crippen LogP contribution >= 0.6 is 0 Å². The molecule has 1 aromatic heterocycles. The quantitative estimate of drug-likeness (QED) is 0.861. The first-order valence-corrected chi connectivity index (χ1v) is 8.01. The molecule has 1 heterocycles. The Morgan fingerprint density at radius 3 is 2.85 bits per heavy atom. The second-order valence-corrected chi connectivity index (χ2v) is 6.08. The van der Waals surface area contributed by atoms with Crippen LogP contribution in [0.1, 0.15) is 75.0 Å². The molecule has 0 aliphatic heterocycles. The number of aryl methyl sites for hydroxylation is 1. The van der Waals surface area contributed by atoms with Crippen LogP contribution in [0.25, 0.3) is 0 Å². The first-order valence-electron chi connectivity index (χ1n) is 8.01. The van der Waals surface area contributed by atoms with Crippen molar-refractivity contribution in [1.29, 1.82) is 0 Å². The van der Waals surface area contributed by atoms with Gasteiger partial charge in [0.2, 0.25) is 0 Å². The van der Waals surface area contributed by atoms with Gasteiger partial charge in [-0.1, -0.05) is 6.42 Å². The highest BCUT2D eigenvalue weighted by atomic mass is 16.5. The first-order chi connectivity index (χ1) is 9.75. The number of nitrogens with two attached hydrogens (primary N) is 1. The molecule has 1 fully saturated rings. The summed E-state index contributed by atoms with van der Waals surface area (Å²) in [5.41, 5.74) is 8.30. The fourth-order valence-corrected chi connectivity index (χ4v) is 3.62. The third-order valence-corrected chi connectivity index (χ3v) is 4.72. The molecular weight excluding hydrogens is 250 g/mol. The summed E-state index contributed by atoms with van der Waals surface area (Å²) in [5, 5.41) is 0. The lowest BCUT2D eigenvalue weighted by Gasteiger charge is -2.28. The third kappa shape index (κ3) is 2.47. The standard InChI is InChI=1S/C16H25N3O/c1-2-20-16(9-5-6-10-16)15-18-11-12-13(17)7-3-4-8-14(12)19-15/h11,13H,2-10,17H2,1H3. The lowest BCUT2D eigenvalue weighted by molar-refractivity contribution is -0.0458. The number of hydrogen-bond acceptors (Lipinski definition) is 4. The van der Waals surface area contributed by atoms with Crippen LogP contribution in [0.3, 0.4) is 0 Å². The van der Waals surface area contributed by atoms with Crippen LogP contribution in [0, 0.1) is 0 Å². The number of rotatable bonds is 3. The molecule has 1 saturated carbocycles. The molecule has 3 rings (SSSR count).